The van der Waals surface area contributed by atoms with Crippen molar-refractivity contribution in [2.45, 2.75) is 38.6 Å². The zero-order chi connectivity index (χ0) is 14.1. The van der Waals surface area contributed by atoms with Crippen molar-refractivity contribution in [2.75, 3.05) is 5.32 Å². The van der Waals surface area contributed by atoms with Crippen LogP contribution in [0.25, 0.3) is 0 Å². The maximum absolute atomic E-state index is 13.2. The summed E-state index contributed by atoms with van der Waals surface area (Å²) in [6.07, 6.45) is 1.99. The molecule has 0 amide bonds. The largest absolute Gasteiger partial charge is 0.378 e. The summed E-state index contributed by atoms with van der Waals surface area (Å²) in [5, 5.41) is 3.59. The van der Waals surface area contributed by atoms with Crippen molar-refractivity contribution in [3.05, 3.63) is 65.0 Å². The highest BCUT2D eigenvalue weighted by Crippen LogP contribution is 2.34. The van der Waals surface area contributed by atoms with E-state index in [1.165, 1.54) is 11.1 Å². The molecule has 0 aromatic heterocycles. The summed E-state index contributed by atoms with van der Waals surface area (Å²) in [5.74, 6) is 0.396. The molecule has 104 valence electrons. The Kier molecular flexibility index (Phi) is 3.47. The SMILES string of the molecule is CC(C)c1cccc(NC2CCc3cc(F)ccc32)c1. The summed E-state index contributed by atoms with van der Waals surface area (Å²) in [7, 11) is 0. The van der Waals surface area contributed by atoms with Gasteiger partial charge in [0.05, 0.1) is 6.04 Å². The van der Waals surface area contributed by atoms with E-state index in [4.69, 9.17) is 0 Å². The van der Waals surface area contributed by atoms with Gasteiger partial charge in [0.2, 0.25) is 0 Å². The molecule has 1 atom stereocenters. The van der Waals surface area contributed by atoms with E-state index in [9.17, 15) is 4.39 Å². The number of hydrogen-bond acceptors (Lipinski definition) is 1. The van der Waals surface area contributed by atoms with E-state index >= 15 is 0 Å². The third-order valence-corrected chi connectivity index (χ3v) is 4.08. The Hall–Kier alpha value is -1.83. The van der Waals surface area contributed by atoms with Crippen LogP contribution in [0, 0.1) is 5.82 Å². The zero-order valence-electron chi connectivity index (χ0n) is 12.0. The van der Waals surface area contributed by atoms with E-state index in [2.05, 4.69) is 43.4 Å². The number of anilines is 1. The van der Waals surface area contributed by atoms with Crippen LogP contribution in [0.2, 0.25) is 0 Å². The van der Waals surface area contributed by atoms with Crippen molar-refractivity contribution in [3.63, 3.8) is 0 Å². The molecule has 0 bridgehead atoms. The topological polar surface area (TPSA) is 12.0 Å². The number of hydrogen-bond donors (Lipinski definition) is 1. The molecule has 0 heterocycles. The molecular formula is C18H20FN. The molecule has 1 unspecified atom stereocenters. The van der Waals surface area contributed by atoms with Crippen molar-refractivity contribution in [3.8, 4) is 0 Å². The Bertz CT molecular complexity index is 619. The van der Waals surface area contributed by atoms with E-state index < -0.39 is 0 Å². The Morgan fingerprint density at radius 3 is 2.80 bits per heavy atom. The minimum Gasteiger partial charge on any atom is -0.378 e. The standard InChI is InChI=1S/C18H20FN/c1-12(2)13-4-3-5-16(11-13)20-18-9-6-14-10-15(19)7-8-17(14)18/h3-5,7-8,10-12,18,20H,6,9H2,1-2H3. The molecule has 0 spiro atoms. The molecule has 1 aliphatic carbocycles. The minimum absolute atomic E-state index is 0.133. The van der Waals surface area contributed by atoms with Crippen molar-refractivity contribution >= 4 is 5.69 Å². The van der Waals surface area contributed by atoms with Gasteiger partial charge in [0.25, 0.3) is 0 Å². The van der Waals surface area contributed by atoms with Gasteiger partial charge in [-0.2, -0.15) is 0 Å². The second-order valence-electron chi connectivity index (χ2n) is 5.86. The number of nitrogens with one attached hydrogen (secondary N) is 1. The van der Waals surface area contributed by atoms with Crippen molar-refractivity contribution in [1.29, 1.82) is 0 Å². The second kappa shape index (κ2) is 5.28. The average molecular weight is 269 g/mol. The summed E-state index contributed by atoms with van der Waals surface area (Å²) >= 11 is 0. The van der Waals surface area contributed by atoms with Crippen LogP contribution in [0.1, 0.15) is 48.9 Å². The molecule has 20 heavy (non-hydrogen) atoms. The highest BCUT2D eigenvalue weighted by atomic mass is 19.1. The third-order valence-electron chi connectivity index (χ3n) is 4.08. The van der Waals surface area contributed by atoms with Crippen LogP contribution in [-0.2, 0) is 6.42 Å². The highest BCUT2D eigenvalue weighted by molar-refractivity contribution is 5.50. The molecule has 1 N–H and O–H groups in total. The maximum Gasteiger partial charge on any atom is 0.123 e. The lowest BCUT2D eigenvalue weighted by atomic mass is 10.0. The molecule has 1 aliphatic rings. The van der Waals surface area contributed by atoms with Crippen LogP contribution in [0.4, 0.5) is 10.1 Å². The van der Waals surface area contributed by atoms with Crippen LogP contribution < -0.4 is 5.32 Å². The molecule has 2 heteroatoms. The summed E-state index contributed by atoms with van der Waals surface area (Å²) < 4.78 is 13.2. The monoisotopic (exact) mass is 269 g/mol. The van der Waals surface area contributed by atoms with E-state index in [1.807, 2.05) is 6.07 Å². The quantitative estimate of drug-likeness (QED) is 0.822. The summed E-state index contributed by atoms with van der Waals surface area (Å²) in [5.41, 5.74) is 4.87. The third kappa shape index (κ3) is 2.55. The fraction of sp³-hybridized carbons (Fsp3) is 0.333. The number of fused-ring (bicyclic) bond motifs is 1. The second-order valence-corrected chi connectivity index (χ2v) is 5.86. The van der Waals surface area contributed by atoms with Gasteiger partial charge in [0.1, 0.15) is 5.82 Å². The lowest BCUT2D eigenvalue weighted by molar-refractivity contribution is 0.626. The van der Waals surface area contributed by atoms with Gasteiger partial charge in [-0.15, -0.1) is 0 Å². The van der Waals surface area contributed by atoms with Crippen LogP contribution >= 0.6 is 0 Å². The van der Waals surface area contributed by atoms with Gasteiger partial charge in [0, 0.05) is 5.69 Å². The molecule has 1 nitrogen and oxygen atoms in total. The first kappa shape index (κ1) is 13.2. The van der Waals surface area contributed by atoms with E-state index in [-0.39, 0.29) is 5.82 Å². The zero-order valence-corrected chi connectivity index (χ0v) is 12.0. The van der Waals surface area contributed by atoms with Crippen LogP contribution in [-0.4, -0.2) is 0 Å². The smallest absolute Gasteiger partial charge is 0.123 e. The van der Waals surface area contributed by atoms with Crippen molar-refractivity contribution in [1.82, 2.24) is 0 Å². The van der Waals surface area contributed by atoms with Gasteiger partial charge in [0.15, 0.2) is 0 Å². The number of benzene rings is 2. The minimum atomic E-state index is -0.133. The maximum atomic E-state index is 13.2. The van der Waals surface area contributed by atoms with Crippen molar-refractivity contribution < 1.29 is 4.39 Å². The molecular weight excluding hydrogens is 249 g/mol. The molecule has 0 fully saturated rings. The van der Waals surface area contributed by atoms with Gasteiger partial charge in [-0.25, -0.2) is 4.39 Å². The molecule has 0 aliphatic heterocycles. The predicted octanol–water partition coefficient (Wildman–Crippen LogP) is 5.05. The fourth-order valence-electron chi connectivity index (χ4n) is 2.92. The molecule has 2 aromatic carbocycles. The van der Waals surface area contributed by atoms with E-state index in [0.29, 0.717) is 12.0 Å². The highest BCUT2D eigenvalue weighted by Gasteiger charge is 2.22. The van der Waals surface area contributed by atoms with E-state index in [0.717, 1.165) is 24.1 Å². The van der Waals surface area contributed by atoms with Gasteiger partial charge in [-0.1, -0.05) is 32.0 Å². The normalized spacial score (nSPS) is 17.3. The van der Waals surface area contributed by atoms with Gasteiger partial charge in [-0.05, 0) is 59.7 Å². The summed E-state index contributed by atoms with van der Waals surface area (Å²) in [4.78, 5) is 0. The number of halogens is 1. The molecule has 2 aromatic rings. The lowest BCUT2D eigenvalue weighted by Crippen LogP contribution is -2.07. The van der Waals surface area contributed by atoms with Gasteiger partial charge in [-0.3, -0.25) is 0 Å². The Balaban J connectivity index is 1.82. The first-order valence-electron chi connectivity index (χ1n) is 7.28. The van der Waals surface area contributed by atoms with Crippen LogP contribution in [0.15, 0.2) is 42.5 Å². The summed E-state index contributed by atoms with van der Waals surface area (Å²) in [6, 6.07) is 14.0. The van der Waals surface area contributed by atoms with Crippen LogP contribution in [0.5, 0.6) is 0 Å². The van der Waals surface area contributed by atoms with Gasteiger partial charge < -0.3 is 5.32 Å². The molecule has 0 saturated carbocycles. The first-order chi connectivity index (χ1) is 9.63. The first-order valence-corrected chi connectivity index (χ1v) is 7.28. The van der Waals surface area contributed by atoms with Crippen LogP contribution in [0.3, 0.4) is 0 Å². The van der Waals surface area contributed by atoms with Gasteiger partial charge >= 0.3 is 0 Å². The van der Waals surface area contributed by atoms with Crippen molar-refractivity contribution in [2.24, 2.45) is 0 Å². The average Bonchev–Trinajstić information content (AvgIpc) is 2.81. The molecule has 3 rings (SSSR count). The number of rotatable bonds is 3. The number of aryl methyl sites for hydroxylation is 1. The molecule has 0 saturated heterocycles. The Morgan fingerprint density at radius 1 is 1.15 bits per heavy atom. The van der Waals surface area contributed by atoms with E-state index in [1.54, 1.807) is 12.1 Å². The lowest BCUT2D eigenvalue weighted by Gasteiger charge is -2.17. The molecule has 0 radical (unpaired) electrons. The Labute approximate surface area is 119 Å². The fourth-order valence-corrected chi connectivity index (χ4v) is 2.92. The Morgan fingerprint density at radius 2 is 2.00 bits per heavy atom. The predicted molar refractivity (Wildman–Crippen MR) is 81.6 cm³/mol. The summed E-state index contributed by atoms with van der Waals surface area (Å²) in [6.45, 7) is 4.40.